The highest BCUT2D eigenvalue weighted by Gasteiger charge is 2.41. The summed E-state index contributed by atoms with van der Waals surface area (Å²) in [7, 11) is 0. The van der Waals surface area contributed by atoms with E-state index in [1.54, 1.807) is 11.5 Å². The first-order valence-corrected chi connectivity index (χ1v) is 21.6. The van der Waals surface area contributed by atoms with Gasteiger partial charge in [-0.1, -0.05) is 11.6 Å². The molecule has 6 aromatic rings. The highest BCUT2D eigenvalue weighted by Crippen LogP contribution is 2.44. The molecule has 0 N–H and O–H groups in total. The number of rotatable bonds is 3. The fourth-order valence-electron chi connectivity index (χ4n) is 7.57. The summed E-state index contributed by atoms with van der Waals surface area (Å²) in [5.41, 5.74) is 4.38. The van der Waals surface area contributed by atoms with Crippen molar-refractivity contribution < 1.29 is 35.8 Å². The van der Waals surface area contributed by atoms with Crippen molar-refractivity contribution in [3.8, 4) is 11.4 Å². The maximum absolute atomic E-state index is 13.3. The molecule has 0 saturated carbocycles. The molecule has 6 heterocycles. The Balaban J connectivity index is 0.000000188. The van der Waals surface area contributed by atoms with E-state index >= 15 is 0 Å². The molecule has 0 atom stereocenters. The van der Waals surface area contributed by atoms with E-state index in [9.17, 15) is 26.3 Å². The van der Waals surface area contributed by atoms with E-state index in [1.165, 1.54) is 0 Å². The SMILES string of the molecule is Cc1nc(Cl)c2c(C)c(C)n(-c3c(Br)cc(C(F)(F)F)cc3Br)c2n1.Cc1nc(N2CCC3(CC2)OCCO3)c2c(C)c(C)n(-c3c(Br)cc(C(F)(F)F)cc3Br)c2n1. The minimum absolute atomic E-state index is 0.293. The standard InChI is InChI=1S/C23H23Br2F3N4O2.C16H11Br2ClF3N3/c1-12-13(2)32(19-16(24)10-15(11-17(19)25)23(26,27)28)21-18(12)20(29-14(3)30-21)31-6-4-22(5-7-31)33-8-9-34-22;1-6-7(2)25(15-12(6)14(19)23-8(3)24-15)13-10(17)4-9(5-11(13)18)16(20,21)22/h10-11H,4-9H2,1-3H3;4-5H,1-3H3. The van der Waals surface area contributed by atoms with Crippen molar-refractivity contribution in [3.05, 3.63) is 92.6 Å². The van der Waals surface area contributed by atoms with Gasteiger partial charge in [0, 0.05) is 55.2 Å². The third kappa shape index (κ3) is 8.18. The smallest absolute Gasteiger partial charge is 0.356 e. The van der Waals surface area contributed by atoms with Gasteiger partial charge in [0.15, 0.2) is 11.4 Å². The number of aromatic nitrogens is 6. The van der Waals surface area contributed by atoms with Gasteiger partial charge in [-0.15, -0.1) is 0 Å². The normalized spacial score (nSPS) is 15.8. The molecule has 0 bridgehead atoms. The second-order valence-electron chi connectivity index (χ2n) is 14.3. The third-order valence-electron chi connectivity index (χ3n) is 10.6. The van der Waals surface area contributed by atoms with Gasteiger partial charge >= 0.3 is 12.4 Å². The van der Waals surface area contributed by atoms with Gasteiger partial charge in [0.25, 0.3) is 0 Å². The molecule has 314 valence electrons. The summed E-state index contributed by atoms with van der Waals surface area (Å²) < 4.78 is 95.8. The maximum Gasteiger partial charge on any atom is 0.416 e. The fourth-order valence-corrected chi connectivity index (χ4v) is 11.0. The molecule has 2 saturated heterocycles. The van der Waals surface area contributed by atoms with Crippen LogP contribution in [0.4, 0.5) is 32.2 Å². The number of aryl methyl sites for hydroxylation is 4. The summed E-state index contributed by atoms with van der Waals surface area (Å²) in [6, 6.07) is 4.30. The molecule has 0 radical (unpaired) electrons. The van der Waals surface area contributed by atoms with Crippen molar-refractivity contribution in [2.24, 2.45) is 0 Å². The van der Waals surface area contributed by atoms with E-state index in [2.05, 4.69) is 78.6 Å². The monoisotopic (exact) mass is 1100 g/mol. The van der Waals surface area contributed by atoms with Crippen LogP contribution in [0.15, 0.2) is 42.2 Å². The Morgan fingerprint density at radius 2 is 1.00 bits per heavy atom. The lowest BCUT2D eigenvalue weighted by atomic mass is 10.0. The molecule has 0 unspecified atom stereocenters. The highest BCUT2D eigenvalue weighted by molar-refractivity contribution is 9.11. The second-order valence-corrected chi connectivity index (χ2v) is 18.1. The zero-order valence-electron chi connectivity index (χ0n) is 32.2. The summed E-state index contributed by atoms with van der Waals surface area (Å²) >= 11 is 19.5. The summed E-state index contributed by atoms with van der Waals surface area (Å²) in [6.45, 7) is 13.9. The molecular formula is C39H34Br4ClF6N7O2. The number of hydrogen-bond acceptors (Lipinski definition) is 7. The number of benzene rings is 2. The van der Waals surface area contributed by atoms with Gasteiger partial charge in [0.2, 0.25) is 0 Å². The lowest BCUT2D eigenvalue weighted by molar-refractivity contribution is -0.169. The summed E-state index contributed by atoms with van der Waals surface area (Å²) in [5.74, 6) is 1.41. The second kappa shape index (κ2) is 16.1. The molecule has 0 aliphatic carbocycles. The zero-order chi connectivity index (χ0) is 43.1. The van der Waals surface area contributed by atoms with Crippen LogP contribution in [0.5, 0.6) is 0 Å². The summed E-state index contributed by atoms with van der Waals surface area (Å²) in [5, 5.41) is 1.90. The molecule has 2 fully saturated rings. The van der Waals surface area contributed by atoms with E-state index in [1.807, 2.05) is 39.2 Å². The molecule has 2 aliphatic heterocycles. The van der Waals surface area contributed by atoms with Crippen LogP contribution in [0.2, 0.25) is 5.15 Å². The fraction of sp³-hybridized carbons (Fsp3) is 0.385. The molecule has 2 aliphatic rings. The first-order valence-electron chi connectivity index (χ1n) is 18.1. The van der Waals surface area contributed by atoms with E-state index < -0.39 is 29.3 Å². The van der Waals surface area contributed by atoms with E-state index in [0.717, 1.165) is 83.9 Å². The Labute approximate surface area is 373 Å². The molecule has 4 aromatic heterocycles. The molecule has 0 amide bonds. The summed E-state index contributed by atoms with van der Waals surface area (Å²) in [4.78, 5) is 20.4. The van der Waals surface area contributed by atoms with Crippen molar-refractivity contribution in [3.63, 3.8) is 0 Å². The first-order chi connectivity index (χ1) is 27.5. The molecule has 20 heteroatoms. The van der Waals surface area contributed by atoms with Crippen molar-refractivity contribution in [1.29, 1.82) is 0 Å². The average Bonchev–Trinajstić information content (AvgIpc) is 3.76. The van der Waals surface area contributed by atoms with Gasteiger partial charge in [-0.05, 0) is 141 Å². The van der Waals surface area contributed by atoms with Crippen LogP contribution in [0.25, 0.3) is 33.4 Å². The zero-order valence-corrected chi connectivity index (χ0v) is 39.3. The topological polar surface area (TPSA) is 83.1 Å². The number of hydrogen-bond donors (Lipinski definition) is 0. The van der Waals surface area contributed by atoms with Crippen LogP contribution in [-0.4, -0.2) is 61.2 Å². The molecule has 2 aromatic carbocycles. The average molecular weight is 1100 g/mol. The van der Waals surface area contributed by atoms with Gasteiger partial charge in [-0.2, -0.15) is 26.3 Å². The van der Waals surface area contributed by atoms with E-state index in [0.29, 0.717) is 76.0 Å². The maximum atomic E-state index is 13.3. The van der Waals surface area contributed by atoms with Gasteiger partial charge in [0.05, 0.1) is 46.5 Å². The quantitative estimate of drug-likeness (QED) is 0.129. The number of piperidine rings is 1. The minimum Gasteiger partial charge on any atom is -0.356 e. The number of anilines is 1. The minimum atomic E-state index is -4.45. The van der Waals surface area contributed by atoms with Crippen LogP contribution in [0.3, 0.4) is 0 Å². The molecular weight excluding hydrogens is 1070 g/mol. The Bertz CT molecular complexity index is 2600. The van der Waals surface area contributed by atoms with Crippen molar-refractivity contribution >= 4 is 103 Å². The molecule has 59 heavy (non-hydrogen) atoms. The predicted octanol–water partition coefficient (Wildman–Crippen LogP) is 12.8. The number of halogens is 11. The Morgan fingerprint density at radius 1 is 0.610 bits per heavy atom. The van der Waals surface area contributed by atoms with Crippen LogP contribution >= 0.6 is 75.3 Å². The van der Waals surface area contributed by atoms with Gasteiger partial charge in [-0.3, -0.25) is 9.13 Å². The van der Waals surface area contributed by atoms with Crippen LogP contribution in [0, 0.1) is 41.5 Å². The van der Waals surface area contributed by atoms with Gasteiger partial charge in [-0.25, -0.2) is 19.9 Å². The van der Waals surface area contributed by atoms with E-state index in [-0.39, 0.29) is 0 Å². The molecule has 1 spiro atoms. The lowest BCUT2D eigenvalue weighted by Crippen LogP contribution is -2.45. The number of fused-ring (bicyclic) bond motifs is 2. The molecule has 9 nitrogen and oxygen atoms in total. The largest absolute Gasteiger partial charge is 0.416 e. The third-order valence-corrected chi connectivity index (χ3v) is 13.3. The highest BCUT2D eigenvalue weighted by atomic mass is 79.9. The Kier molecular flexibility index (Phi) is 12.1. The first kappa shape index (κ1) is 44.3. The van der Waals surface area contributed by atoms with Crippen molar-refractivity contribution in [2.75, 3.05) is 31.2 Å². The number of ether oxygens (including phenoxy) is 2. The Hall–Kier alpha value is -2.81. The van der Waals surface area contributed by atoms with Gasteiger partial charge in [0.1, 0.15) is 28.3 Å². The molecule has 8 rings (SSSR count). The van der Waals surface area contributed by atoms with Crippen LogP contribution in [-0.2, 0) is 21.8 Å². The number of alkyl halides is 6. The van der Waals surface area contributed by atoms with Gasteiger partial charge < -0.3 is 14.4 Å². The summed E-state index contributed by atoms with van der Waals surface area (Å²) in [6.07, 6.45) is -7.40. The number of nitrogens with zero attached hydrogens (tertiary/aromatic N) is 7. The lowest BCUT2D eigenvalue weighted by Gasteiger charge is -2.38. The van der Waals surface area contributed by atoms with E-state index in [4.69, 9.17) is 31.0 Å². The Morgan fingerprint density at radius 3 is 1.42 bits per heavy atom. The van der Waals surface area contributed by atoms with Crippen molar-refractivity contribution in [2.45, 2.75) is 72.5 Å². The van der Waals surface area contributed by atoms with Crippen LogP contribution < -0.4 is 4.90 Å². The predicted molar refractivity (Wildman–Crippen MR) is 228 cm³/mol. The van der Waals surface area contributed by atoms with Crippen LogP contribution in [0.1, 0.15) is 58.1 Å². The van der Waals surface area contributed by atoms with Crippen molar-refractivity contribution in [1.82, 2.24) is 29.1 Å².